The molecule has 2 aromatic carbocycles. The van der Waals surface area contributed by atoms with Gasteiger partial charge in [-0.25, -0.2) is 0 Å². The van der Waals surface area contributed by atoms with Crippen LogP contribution in [0.5, 0.6) is 0 Å². The molecule has 1 saturated heterocycles. The number of para-hydroxylation sites is 1. The van der Waals surface area contributed by atoms with E-state index in [1.165, 1.54) is 6.42 Å². The molecule has 1 atom stereocenters. The first kappa shape index (κ1) is 18.4. The minimum Gasteiger partial charge on any atom is -0.439 e. The van der Waals surface area contributed by atoms with Gasteiger partial charge >= 0.3 is 0 Å². The molecule has 5 nitrogen and oxygen atoms in total. The molecule has 1 aliphatic heterocycles. The van der Waals surface area contributed by atoms with Crippen LogP contribution in [0.25, 0.3) is 22.1 Å². The van der Waals surface area contributed by atoms with Crippen LogP contribution in [0.1, 0.15) is 19.8 Å². The molecule has 28 heavy (non-hydrogen) atoms. The second-order valence-corrected chi connectivity index (χ2v) is 7.53. The number of hydrogen-bond acceptors (Lipinski definition) is 4. The lowest BCUT2D eigenvalue weighted by Gasteiger charge is -2.30. The summed E-state index contributed by atoms with van der Waals surface area (Å²) < 4.78 is 5.96. The van der Waals surface area contributed by atoms with Gasteiger partial charge in [0.15, 0.2) is 0 Å². The van der Waals surface area contributed by atoms with E-state index in [2.05, 4.69) is 17.1 Å². The highest BCUT2D eigenvalue weighted by Crippen LogP contribution is 2.28. The van der Waals surface area contributed by atoms with Gasteiger partial charge in [0.1, 0.15) is 5.58 Å². The van der Waals surface area contributed by atoms with Crippen molar-refractivity contribution in [3.63, 3.8) is 0 Å². The van der Waals surface area contributed by atoms with E-state index in [9.17, 15) is 9.59 Å². The fourth-order valence-corrected chi connectivity index (χ4v) is 3.90. The summed E-state index contributed by atoms with van der Waals surface area (Å²) in [6.07, 6.45) is 2.31. The van der Waals surface area contributed by atoms with Crippen molar-refractivity contribution in [3.05, 3.63) is 64.8 Å². The molecule has 0 saturated carbocycles. The maximum atomic E-state index is 13.1. The molecule has 1 amide bonds. The molecule has 0 radical (unpaired) electrons. The van der Waals surface area contributed by atoms with Crippen LogP contribution in [-0.4, -0.2) is 30.4 Å². The van der Waals surface area contributed by atoms with E-state index >= 15 is 0 Å². The number of carbonyl (C=O) groups excluding carboxylic acids is 1. The summed E-state index contributed by atoms with van der Waals surface area (Å²) in [6, 6.07) is 16.4. The molecular weight excluding hydrogens is 352 g/mol. The number of piperidine rings is 1. The van der Waals surface area contributed by atoms with Crippen molar-refractivity contribution in [1.82, 2.24) is 4.90 Å². The van der Waals surface area contributed by atoms with Crippen LogP contribution in [0, 0.1) is 5.92 Å². The number of fused-ring (bicyclic) bond motifs is 1. The van der Waals surface area contributed by atoms with Gasteiger partial charge in [-0.05, 0) is 43.0 Å². The van der Waals surface area contributed by atoms with Crippen LogP contribution >= 0.6 is 0 Å². The average Bonchev–Trinajstić information content (AvgIpc) is 2.69. The van der Waals surface area contributed by atoms with Crippen molar-refractivity contribution >= 4 is 22.8 Å². The molecule has 0 aliphatic carbocycles. The zero-order chi connectivity index (χ0) is 19.5. The quantitative estimate of drug-likeness (QED) is 0.744. The summed E-state index contributed by atoms with van der Waals surface area (Å²) in [7, 11) is 0. The van der Waals surface area contributed by atoms with Crippen molar-refractivity contribution < 1.29 is 9.21 Å². The van der Waals surface area contributed by atoms with Gasteiger partial charge in [-0.2, -0.15) is 0 Å². The Morgan fingerprint density at radius 1 is 1.14 bits per heavy atom. The highest BCUT2D eigenvalue weighted by molar-refractivity contribution is 5.97. The highest BCUT2D eigenvalue weighted by Gasteiger charge is 2.21. The lowest BCUT2D eigenvalue weighted by Crippen LogP contribution is -2.39. The Hall–Kier alpha value is -2.92. The largest absolute Gasteiger partial charge is 0.439 e. The zero-order valence-corrected chi connectivity index (χ0v) is 16.0. The summed E-state index contributed by atoms with van der Waals surface area (Å²) in [5, 5.41) is 3.36. The number of benzene rings is 2. The third kappa shape index (κ3) is 3.85. The molecule has 2 heterocycles. The maximum absolute atomic E-state index is 13.1. The number of likely N-dealkylation sites (tertiary alicyclic amines) is 1. The van der Waals surface area contributed by atoms with E-state index in [0.717, 1.165) is 25.1 Å². The fourth-order valence-electron chi connectivity index (χ4n) is 3.90. The van der Waals surface area contributed by atoms with Gasteiger partial charge in [0.05, 0.1) is 17.5 Å². The first-order chi connectivity index (χ1) is 13.6. The molecule has 0 bridgehead atoms. The SMILES string of the molecule is C[C@H]1CCCN(CC(=O)Nc2oc3ccccc3c(=O)c2-c2ccccc2)C1. The Kier molecular flexibility index (Phi) is 5.26. The second kappa shape index (κ2) is 7.98. The van der Waals surface area contributed by atoms with Crippen molar-refractivity contribution in [1.29, 1.82) is 0 Å². The normalized spacial score (nSPS) is 17.5. The Morgan fingerprint density at radius 3 is 2.68 bits per heavy atom. The van der Waals surface area contributed by atoms with Gasteiger partial charge in [0, 0.05) is 6.54 Å². The van der Waals surface area contributed by atoms with E-state index in [1.807, 2.05) is 42.5 Å². The van der Waals surface area contributed by atoms with Crippen LogP contribution in [0.2, 0.25) is 0 Å². The predicted octanol–water partition coefficient (Wildman–Crippen LogP) is 4.13. The third-order valence-corrected chi connectivity index (χ3v) is 5.22. The lowest BCUT2D eigenvalue weighted by molar-refractivity contribution is -0.117. The summed E-state index contributed by atoms with van der Waals surface area (Å²) in [6.45, 7) is 4.35. The van der Waals surface area contributed by atoms with Crippen LogP contribution in [-0.2, 0) is 4.79 Å². The Balaban J connectivity index is 1.69. The van der Waals surface area contributed by atoms with Gasteiger partial charge in [0.2, 0.25) is 17.2 Å². The van der Waals surface area contributed by atoms with Crippen LogP contribution in [0.3, 0.4) is 0 Å². The standard InChI is InChI=1S/C23H24N2O3/c1-16-8-7-13-25(14-16)15-20(26)24-23-21(17-9-3-2-4-10-17)22(27)18-11-5-6-12-19(18)28-23/h2-6,9-12,16H,7-8,13-15H2,1H3,(H,24,26)/t16-/m0/s1. The van der Waals surface area contributed by atoms with Crippen molar-refractivity contribution in [3.8, 4) is 11.1 Å². The first-order valence-electron chi connectivity index (χ1n) is 9.75. The summed E-state index contributed by atoms with van der Waals surface area (Å²) in [5.41, 5.74) is 1.44. The minimum absolute atomic E-state index is 0.144. The molecule has 1 N–H and O–H groups in total. The Bertz CT molecular complexity index is 1040. The topological polar surface area (TPSA) is 62.6 Å². The van der Waals surface area contributed by atoms with Crippen molar-refractivity contribution in [2.75, 3.05) is 25.0 Å². The van der Waals surface area contributed by atoms with Crippen molar-refractivity contribution in [2.24, 2.45) is 5.92 Å². The average molecular weight is 376 g/mol. The van der Waals surface area contributed by atoms with Crippen molar-refractivity contribution in [2.45, 2.75) is 19.8 Å². The van der Waals surface area contributed by atoms with E-state index in [4.69, 9.17) is 4.42 Å². The van der Waals surface area contributed by atoms with Crippen LogP contribution in [0.15, 0.2) is 63.8 Å². The molecule has 3 aromatic rings. The van der Waals surface area contributed by atoms with Gasteiger partial charge < -0.3 is 4.42 Å². The summed E-state index contributed by atoms with van der Waals surface area (Å²) in [5.74, 6) is 0.648. The minimum atomic E-state index is -0.162. The number of anilines is 1. The predicted molar refractivity (Wildman–Crippen MR) is 111 cm³/mol. The molecule has 0 unspecified atom stereocenters. The lowest BCUT2D eigenvalue weighted by atomic mass is 10.0. The summed E-state index contributed by atoms with van der Waals surface area (Å²) in [4.78, 5) is 28.0. The van der Waals surface area contributed by atoms with E-state index in [0.29, 0.717) is 29.0 Å². The Morgan fingerprint density at radius 2 is 1.89 bits per heavy atom. The van der Waals surface area contributed by atoms with Gasteiger partial charge in [-0.3, -0.25) is 19.8 Å². The number of amides is 1. The number of rotatable bonds is 4. The zero-order valence-electron chi connectivity index (χ0n) is 16.0. The molecular formula is C23H24N2O3. The van der Waals surface area contributed by atoms with Gasteiger partial charge in [-0.1, -0.05) is 49.4 Å². The second-order valence-electron chi connectivity index (χ2n) is 7.53. The smallest absolute Gasteiger partial charge is 0.240 e. The van der Waals surface area contributed by atoms with E-state index < -0.39 is 0 Å². The van der Waals surface area contributed by atoms with Crippen LogP contribution < -0.4 is 10.7 Å². The first-order valence-corrected chi connectivity index (χ1v) is 9.75. The maximum Gasteiger partial charge on any atom is 0.240 e. The Labute approximate surface area is 164 Å². The molecule has 5 heteroatoms. The molecule has 1 fully saturated rings. The molecule has 4 rings (SSSR count). The van der Waals surface area contributed by atoms with Gasteiger partial charge in [0.25, 0.3) is 0 Å². The fraction of sp³-hybridized carbons (Fsp3) is 0.304. The molecule has 1 aliphatic rings. The van der Waals surface area contributed by atoms with Gasteiger partial charge in [-0.15, -0.1) is 0 Å². The molecule has 144 valence electrons. The monoisotopic (exact) mass is 376 g/mol. The molecule has 0 spiro atoms. The third-order valence-electron chi connectivity index (χ3n) is 5.22. The number of carbonyl (C=O) groups is 1. The number of nitrogens with one attached hydrogen (secondary N) is 1. The van der Waals surface area contributed by atoms with Crippen LogP contribution in [0.4, 0.5) is 5.88 Å². The number of nitrogens with zero attached hydrogens (tertiary/aromatic N) is 1. The van der Waals surface area contributed by atoms with E-state index in [-0.39, 0.29) is 17.2 Å². The highest BCUT2D eigenvalue weighted by atomic mass is 16.4. The van der Waals surface area contributed by atoms with E-state index in [1.54, 1.807) is 12.1 Å². The number of hydrogen-bond donors (Lipinski definition) is 1. The molecule has 1 aromatic heterocycles. The summed E-state index contributed by atoms with van der Waals surface area (Å²) >= 11 is 0.